The highest BCUT2D eigenvalue weighted by molar-refractivity contribution is 5.82. The zero-order chi connectivity index (χ0) is 12.2. The van der Waals surface area contributed by atoms with E-state index in [0.29, 0.717) is 0 Å². The van der Waals surface area contributed by atoms with Crippen molar-refractivity contribution in [3.8, 4) is 0 Å². The number of hydrogen-bond donors (Lipinski definition) is 2. The van der Waals surface area contributed by atoms with Crippen molar-refractivity contribution in [1.29, 1.82) is 0 Å². The van der Waals surface area contributed by atoms with Crippen LogP contribution in [-0.4, -0.2) is 27.7 Å². The molecule has 0 saturated heterocycles. The molecule has 0 bridgehead atoms. The third-order valence-corrected chi connectivity index (χ3v) is 2.54. The Morgan fingerprint density at radius 2 is 1.93 bits per heavy atom. The SMILES string of the molecule is C=C[C@H](C)C(O)[C@H](C)C(=O)CC(C)(C)O. The summed E-state index contributed by atoms with van der Waals surface area (Å²) in [5, 5.41) is 19.3. The molecule has 0 aliphatic carbocycles. The third-order valence-electron chi connectivity index (χ3n) is 2.54. The number of hydrogen-bond acceptors (Lipinski definition) is 3. The van der Waals surface area contributed by atoms with Crippen LogP contribution in [0.25, 0.3) is 0 Å². The maximum absolute atomic E-state index is 11.7. The predicted molar refractivity (Wildman–Crippen MR) is 60.5 cm³/mol. The maximum atomic E-state index is 11.7. The topological polar surface area (TPSA) is 57.5 Å². The van der Waals surface area contributed by atoms with E-state index in [1.165, 1.54) is 0 Å². The zero-order valence-corrected chi connectivity index (χ0v) is 10.0. The Bertz CT molecular complexity index is 228. The van der Waals surface area contributed by atoms with E-state index in [-0.39, 0.29) is 18.1 Å². The van der Waals surface area contributed by atoms with Gasteiger partial charge in [0.05, 0.1) is 11.7 Å². The fraction of sp³-hybridized carbons (Fsp3) is 0.750. The van der Waals surface area contributed by atoms with Crippen LogP contribution < -0.4 is 0 Å². The Morgan fingerprint density at radius 1 is 1.47 bits per heavy atom. The van der Waals surface area contributed by atoms with E-state index in [1.807, 2.05) is 6.92 Å². The van der Waals surface area contributed by atoms with Gasteiger partial charge in [0.1, 0.15) is 5.78 Å². The molecule has 0 aromatic carbocycles. The Morgan fingerprint density at radius 3 is 2.27 bits per heavy atom. The second-order valence-electron chi connectivity index (χ2n) is 4.83. The fourth-order valence-corrected chi connectivity index (χ4v) is 1.37. The van der Waals surface area contributed by atoms with E-state index in [1.54, 1.807) is 26.8 Å². The van der Waals surface area contributed by atoms with Crippen LogP contribution >= 0.6 is 0 Å². The Labute approximate surface area is 91.8 Å². The molecule has 0 aliphatic rings. The van der Waals surface area contributed by atoms with Gasteiger partial charge < -0.3 is 10.2 Å². The summed E-state index contributed by atoms with van der Waals surface area (Å²) >= 11 is 0. The molecule has 0 radical (unpaired) electrons. The molecule has 0 amide bonds. The first kappa shape index (κ1) is 14.3. The van der Waals surface area contributed by atoms with Crippen LogP contribution in [0.1, 0.15) is 34.1 Å². The molecular formula is C12H22O3. The fourth-order valence-electron chi connectivity index (χ4n) is 1.37. The Kier molecular flexibility index (Phi) is 5.18. The van der Waals surface area contributed by atoms with Gasteiger partial charge in [0, 0.05) is 18.3 Å². The number of ketones is 1. The average molecular weight is 214 g/mol. The number of carbonyl (C=O) groups excluding carboxylic acids is 1. The Balaban J connectivity index is 4.38. The lowest BCUT2D eigenvalue weighted by atomic mass is 9.86. The van der Waals surface area contributed by atoms with Crippen LogP contribution in [0.4, 0.5) is 0 Å². The molecule has 15 heavy (non-hydrogen) atoms. The Hall–Kier alpha value is -0.670. The van der Waals surface area contributed by atoms with Gasteiger partial charge in [-0.05, 0) is 13.8 Å². The van der Waals surface area contributed by atoms with Crippen molar-refractivity contribution in [1.82, 2.24) is 0 Å². The van der Waals surface area contributed by atoms with Crippen LogP contribution in [0.2, 0.25) is 0 Å². The van der Waals surface area contributed by atoms with Crippen molar-refractivity contribution < 1.29 is 15.0 Å². The first-order chi connectivity index (χ1) is 6.69. The highest BCUT2D eigenvalue weighted by atomic mass is 16.3. The molecule has 0 saturated carbocycles. The number of carbonyl (C=O) groups is 1. The van der Waals surface area contributed by atoms with Crippen molar-refractivity contribution in [2.24, 2.45) is 11.8 Å². The van der Waals surface area contributed by atoms with Crippen molar-refractivity contribution in [3.05, 3.63) is 12.7 Å². The smallest absolute Gasteiger partial charge is 0.141 e. The molecule has 0 aliphatic heterocycles. The summed E-state index contributed by atoms with van der Waals surface area (Å²) in [7, 11) is 0. The summed E-state index contributed by atoms with van der Waals surface area (Å²) in [5.74, 6) is -0.709. The van der Waals surface area contributed by atoms with Crippen LogP contribution in [0, 0.1) is 11.8 Å². The largest absolute Gasteiger partial charge is 0.392 e. The van der Waals surface area contributed by atoms with Gasteiger partial charge in [0.2, 0.25) is 0 Å². The molecule has 3 atom stereocenters. The van der Waals surface area contributed by atoms with Crippen molar-refractivity contribution >= 4 is 5.78 Å². The number of rotatable bonds is 6. The lowest BCUT2D eigenvalue weighted by Gasteiger charge is -2.24. The second kappa shape index (κ2) is 5.42. The van der Waals surface area contributed by atoms with Gasteiger partial charge in [-0.25, -0.2) is 0 Å². The lowest BCUT2D eigenvalue weighted by molar-refractivity contribution is -0.130. The molecule has 0 aromatic heterocycles. The first-order valence-electron chi connectivity index (χ1n) is 5.24. The minimum atomic E-state index is -1.01. The number of aliphatic hydroxyl groups excluding tert-OH is 1. The quantitative estimate of drug-likeness (QED) is 0.659. The minimum Gasteiger partial charge on any atom is -0.392 e. The van der Waals surface area contributed by atoms with Crippen molar-refractivity contribution in [2.75, 3.05) is 0 Å². The standard InChI is InChI=1S/C12H22O3/c1-6-8(2)11(14)9(3)10(13)7-12(4,5)15/h6,8-9,11,14-15H,1,7H2,2-5H3/t8-,9+,11?/m0/s1. The highest BCUT2D eigenvalue weighted by Gasteiger charge is 2.28. The van der Waals surface area contributed by atoms with Crippen LogP contribution in [-0.2, 0) is 4.79 Å². The van der Waals surface area contributed by atoms with Gasteiger partial charge in [-0.2, -0.15) is 0 Å². The van der Waals surface area contributed by atoms with Crippen molar-refractivity contribution in [3.63, 3.8) is 0 Å². The van der Waals surface area contributed by atoms with Gasteiger partial charge in [-0.3, -0.25) is 4.79 Å². The van der Waals surface area contributed by atoms with Gasteiger partial charge in [-0.1, -0.05) is 19.9 Å². The summed E-state index contributed by atoms with van der Waals surface area (Å²) in [6.07, 6.45) is 0.963. The lowest BCUT2D eigenvalue weighted by Crippen LogP contribution is -2.34. The third kappa shape index (κ3) is 5.09. The van der Waals surface area contributed by atoms with Gasteiger partial charge >= 0.3 is 0 Å². The van der Waals surface area contributed by atoms with Crippen LogP contribution in [0.5, 0.6) is 0 Å². The van der Waals surface area contributed by atoms with Gasteiger partial charge in [-0.15, -0.1) is 6.58 Å². The number of aliphatic hydroxyl groups is 2. The molecule has 0 rings (SSSR count). The molecule has 0 heterocycles. The monoisotopic (exact) mass is 214 g/mol. The maximum Gasteiger partial charge on any atom is 0.141 e. The van der Waals surface area contributed by atoms with E-state index < -0.39 is 17.6 Å². The summed E-state index contributed by atoms with van der Waals surface area (Å²) in [6.45, 7) is 10.2. The van der Waals surface area contributed by atoms with E-state index >= 15 is 0 Å². The molecule has 1 unspecified atom stereocenters. The highest BCUT2D eigenvalue weighted by Crippen LogP contribution is 2.19. The predicted octanol–water partition coefficient (Wildman–Crippen LogP) is 1.54. The van der Waals surface area contributed by atoms with Gasteiger partial charge in [0.25, 0.3) is 0 Å². The molecule has 3 nitrogen and oxygen atoms in total. The summed E-state index contributed by atoms with van der Waals surface area (Å²) in [5.41, 5.74) is -1.01. The average Bonchev–Trinajstić information content (AvgIpc) is 2.11. The molecule has 88 valence electrons. The molecule has 3 heteroatoms. The zero-order valence-electron chi connectivity index (χ0n) is 10.0. The van der Waals surface area contributed by atoms with E-state index in [4.69, 9.17) is 0 Å². The number of Topliss-reactive ketones (excluding diaryl/α,β-unsaturated/α-hetero) is 1. The molecule has 0 aromatic rings. The minimum absolute atomic E-state index is 0.0646. The molecular weight excluding hydrogens is 192 g/mol. The summed E-state index contributed by atoms with van der Waals surface area (Å²) < 4.78 is 0. The van der Waals surface area contributed by atoms with E-state index in [2.05, 4.69) is 6.58 Å². The molecule has 0 fully saturated rings. The van der Waals surface area contributed by atoms with Gasteiger partial charge in [0.15, 0.2) is 0 Å². The van der Waals surface area contributed by atoms with Crippen LogP contribution in [0.15, 0.2) is 12.7 Å². The van der Waals surface area contributed by atoms with Crippen LogP contribution in [0.3, 0.4) is 0 Å². The summed E-state index contributed by atoms with van der Waals surface area (Å²) in [4.78, 5) is 11.7. The molecule has 0 spiro atoms. The molecule has 2 N–H and O–H groups in total. The summed E-state index contributed by atoms with van der Waals surface area (Å²) in [6, 6.07) is 0. The van der Waals surface area contributed by atoms with Crippen molar-refractivity contribution in [2.45, 2.75) is 45.8 Å². The first-order valence-corrected chi connectivity index (χ1v) is 5.24. The van der Waals surface area contributed by atoms with E-state index in [0.717, 1.165) is 0 Å². The second-order valence-corrected chi connectivity index (χ2v) is 4.83. The normalized spacial score (nSPS) is 18.0. The van der Waals surface area contributed by atoms with E-state index in [9.17, 15) is 15.0 Å².